The van der Waals surface area contributed by atoms with E-state index in [1.54, 1.807) is 71.9 Å². The van der Waals surface area contributed by atoms with E-state index in [-0.39, 0.29) is 17.7 Å². The van der Waals surface area contributed by atoms with E-state index in [0.717, 1.165) is 5.56 Å². The van der Waals surface area contributed by atoms with Crippen LogP contribution in [-0.2, 0) is 20.7 Å². The first-order valence-electron chi connectivity index (χ1n) is 11.5. The summed E-state index contributed by atoms with van der Waals surface area (Å²) in [6.07, 6.45) is -0.1000. The van der Waals surface area contributed by atoms with Gasteiger partial charge in [-0.3, -0.25) is 4.79 Å². The Balaban J connectivity index is 2.17. The van der Waals surface area contributed by atoms with Crippen LogP contribution in [0.5, 0.6) is 0 Å². The van der Waals surface area contributed by atoms with Gasteiger partial charge in [0.1, 0.15) is 17.2 Å². The second kappa shape index (κ2) is 11.5. The summed E-state index contributed by atoms with van der Waals surface area (Å²) in [7, 11) is -1.67. The molecule has 1 amide bonds. The fourth-order valence-electron chi connectivity index (χ4n) is 3.26. The lowest BCUT2D eigenvalue weighted by atomic mass is 9.79. The lowest BCUT2D eigenvalue weighted by Crippen LogP contribution is -2.46. The van der Waals surface area contributed by atoms with Gasteiger partial charge >= 0.3 is 19.2 Å². The maximum atomic E-state index is 12.9. The van der Waals surface area contributed by atoms with Gasteiger partial charge in [0.2, 0.25) is 0 Å². The fraction of sp³-hybridized carbons (Fsp3) is 0.423. The highest BCUT2D eigenvalue weighted by Crippen LogP contribution is 2.16. The molecule has 2 rings (SSSR count). The summed E-state index contributed by atoms with van der Waals surface area (Å²) in [6.45, 7) is 10.4. The van der Waals surface area contributed by atoms with E-state index >= 15 is 0 Å². The van der Waals surface area contributed by atoms with E-state index in [9.17, 15) is 24.4 Å². The summed E-state index contributed by atoms with van der Waals surface area (Å²) in [5.74, 6) is -0.847. The standard InChI is InChI=1S/C26H34BNO7/c1-25(2,3)34-23(30)21(28-24(31)35-26(4,5)6)14-13-17-9-7-10-18(15-17)22(29)19-11-8-12-20(16-19)27(32)33/h7-12,15-16,21,32-33H,13-14H2,1-6H3,(H,28,31)/t21-/m0/s1. The zero-order chi connectivity index (χ0) is 26.4. The van der Waals surface area contributed by atoms with Crippen molar-refractivity contribution in [2.24, 2.45) is 0 Å². The van der Waals surface area contributed by atoms with Crippen molar-refractivity contribution in [3.8, 4) is 0 Å². The van der Waals surface area contributed by atoms with Crippen LogP contribution >= 0.6 is 0 Å². The summed E-state index contributed by atoms with van der Waals surface area (Å²) in [6, 6.07) is 12.1. The van der Waals surface area contributed by atoms with Crippen LogP contribution in [0.3, 0.4) is 0 Å². The van der Waals surface area contributed by atoms with Gasteiger partial charge in [-0.1, -0.05) is 42.5 Å². The highest BCUT2D eigenvalue weighted by molar-refractivity contribution is 6.58. The quantitative estimate of drug-likeness (QED) is 0.300. The summed E-state index contributed by atoms with van der Waals surface area (Å²) < 4.78 is 10.8. The fourth-order valence-corrected chi connectivity index (χ4v) is 3.26. The van der Waals surface area contributed by atoms with E-state index in [1.165, 1.54) is 12.1 Å². The van der Waals surface area contributed by atoms with E-state index in [1.807, 2.05) is 6.07 Å². The number of ketones is 1. The lowest BCUT2D eigenvalue weighted by molar-refractivity contribution is -0.157. The zero-order valence-electron chi connectivity index (χ0n) is 21.1. The Bertz CT molecular complexity index is 1050. The second-order valence-electron chi connectivity index (χ2n) is 10.3. The molecule has 188 valence electrons. The molecule has 0 aliphatic carbocycles. The minimum absolute atomic E-state index is 0.223. The number of carbonyl (C=O) groups excluding carboxylic acids is 3. The Morgan fingerprint density at radius 3 is 2.03 bits per heavy atom. The SMILES string of the molecule is CC(C)(C)OC(=O)N[C@@H](CCc1cccc(C(=O)c2cccc(B(O)O)c2)c1)C(=O)OC(C)(C)C. The van der Waals surface area contributed by atoms with Crippen molar-refractivity contribution in [3.05, 3.63) is 65.2 Å². The molecule has 2 aromatic rings. The van der Waals surface area contributed by atoms with Gasteiger partial charge < -0.3 is 24.8 Å². The van der Waals surface area contributed by atoms with E-state index in [2.05, 4.69) is 5.32 Å². The number of aryl methyl sites for hydroxylation is 1. The number of esters is 1. The molecule has 9 heteroatoms. The number of hydrogen-bond acceptors (Lipinski definition) is 7. The van der Waals surface area contributed by atoms with Crippen molar-refractivity contribution in [3.63, 3.8) is 0 Å². The highest BCUT2D eigenvalue weighted by atomic mass is 16.6. The van der Waals surface area contributed by atoms with Crippen LogP contribution in [0.15, 0.2) is 48.5 Å². The Kier molecular flexibility index (Phi) is 9.23. The lowest BCUT2D eigenvalue weighted by Gasteiger charge is -2.26. The number of amides is 1. The molecule has 8 nitrogen and oxygen atoms in total. The Labute approximate surface area is 206 Å². The molecule has 0 heterocycles. The molecule has 1 atom stereocenters. The van der Waals surface area contributed by atoms with Crippen LogP contribution in [0.2, 0.25) is 0 Å². The molecule has 3 N–H and O–H groups in total. The molecule has 0 aliphatic heterocycles. The van der Waals surface area contributed by atoms with E-state index in [4.69, 9.17) is 9.47 Å². The third kappa shape index (κ3) is 9.54. The van der Waals surface area contributed by atoms with E-state index in [0.29, 0.717) is 17.5 Å². The topological polar surface area (TPSA) is 122 Å². The first kappa shape index (κ1) is 28.1. The van der Waals surface area contributed by atoms with Crippen LogP contribution in [-0.4, -0.2) is 52.3 Å². The van der Waals surface area contributed by atoms with Crippen LogP contribution in [0.1, 0.15) is 69.4 Å². The number of hydrogen-bond donors (Lipinski definition) is 3. The monoisotopic (exact) mass is 483 g/mol. The molecule has 0 spiro atoms. The number of benzene rings is 2. The van der Waals surface area contributed by atoms with Gasteiger partial charge in [0.25, 0.3) is 0 Å². The Hall–Kier alpha value is -3.17. The third-order valence-corrected chi connectivity index (χ3v) is 4.74. The van der Waals surface area contributed by atoms with Crippen LogP contribution < -0.4 is 10.8 Å². The van der Waals surface area contributed by atoms with Crippen LogP contribution in [0.25, 0.3) is 0 Å². The molecule has 0 saturated carbocycles. The van der Waals surface area contributed by atoms with Crippen molar-refractivity contribution in [1.29, 1.82) is 0 Å². The number of alkyl carbamates (subject to hydrolysis) is 1. The van der Waals surface area contributed by atoms with Gasteiger partial charge in [-0.25, -0.2) is 9.59 Å². The zero-order valence-corrected chi connectivity index (χ0v) is 21.1. The second-order valence-corrected chi connectivity index (χ2v) is 10.3. The van der Waals surface area contributed by atoms with Crippen molar-refractivity contribution in [2.45, 2.75) is 71.6 Å². The van der Waals surface area contributed by atoms with Gasteiger partial charge in [-0.05, 0) is 71.5 Å². The van der Waals surface area contributed by atoms with Gasteiger partial charge in [0.05, 0.1) is 0 Å². The summed E-state index contributed by atoms with van der Waals surface area (Å²) in [5.41, 5.74) is 0.301. The minimum atomic E-state index is -1.67. The molecule has 0 aliphatic rings. The predicted molar refractivity (Wildman–Crippen MR) is 133 cm³/mol. The van der Waals surface area contributed by atoms with Crippen LogP contribution in [0.4, 0.5) is 4.79 Å². The van der Waals surface area contributed by atoms with Gasteiger partial charge in [-0.15, -0.1) is 0 Å². The molecule has 0 saturated heterocycles. The third-order valence-electron chi connectivity index (χ3n) is 4.74. The average molecular weight is 483 g/mol. The normalized spacial score (nSPS) is 12.5. The van der Waals surface area contributed by atoms with E-state index < -0.39 is 36.4 Å². The summed E-state index contributed by atoms with van der Waals surface area (Å²) >= 11 is 0. The molecular formula is C26H34BNO7. The minimum Gasteiger partial charge on any atom is -0.458 e. The molecule has 0 fully saturated rings. The molecule has 0 bridgehead atoms. The van der Waals surface area contributed by atoms with Gasteiger partial charge in [0, 0.05) is 11.1 Å². The summed E-state index contributed by atoms with van der Waals surface area (Å²) in [5, 5.41) is 21.3. The Morgan fingerprint density at radius 2 is 1.46 bits per heavy atom. The van der Waals surface area contributed by atoms with Gasteiger partial charge in [0.15, 0.2) is 5.78 Å². The summed E-state index contributed by atoms with van der Waals surface area (Å²) in [4.78, 5) is 38.0. The number of ether oxygens (including phenoxy) is 2. The van der Waals surface area contributed by atoms with Crippen LogP contribution in [0, 0.1) is 0 Å². The maximum absolute atomic E-state index is 12.9. The molecule has 2 aromatic carbocycles. The number of rotatable bonds is 8. The first-order chi connectivity index (χ1) is 16.1. The molecule has 35 heavy (non-hydrogen) atoms. The molecular weight excluding hydrogens is 449 g/mol. The molecule has 0 radical (unpaired) electrons. The average Bonchev–Trinajstić information content (AvgIpc) is 2.73. The first-order valence-corrected chi connectivity index (χ1v) is 11.5. The number of carbonyl (C=O) groups is 3. The van der Waals surface area contributed by atoms with Crippen molar-refractivity contribution >= 4 is 30.4 Å². The smallest absolute Gasteiger partial charge is 0.458 e. The highest BCUT2D eigenvalue weighted by Gasteiger charge is 2.28. The number of nitrogens with one attached hydrogen (secondary N) is 1. The maximum Gasteiger partial charge on any atom is 0.488 e. The Morgan fingerprint density at radius 1 is 0.886 bits per heavy atom. The largest absolute Gasteiger partial charge is 0.488 e. The molecule has 0 unspecified atom stereocenters. The molecule has 0 aromatic heterocycles. The van der Waals surface area contributed by atoms with Crippen molar-refractivity contribution in [2.75, 3.05) is 0 Å². The van der Waals surface area contributed by atoms with Crippen molar-refractivity contribution in [1.82, 2.24) is 5.32 Å². The van der Waals surface area contributed by atoms with Gasteiger partial charge in [-0.2, -0.15) is 0 Å². The van der Waals surface area contributed by atoms with Crippen molar-refractivity contribution < 1.29 is 33.9 Å². The predicted octanol–water partition coefficient (Wildman–Crippen LogP) is 2.77.